The smallest absolute Gasteiger partial charge is 0.371 e. The van der Waals surface area contributed by atoms with Crippen molar-refractivity contribution < 1.29 is 28.6 Å². The Morgan fingerprint density at radius 3 is 2.96 bits per heavy atom. The van der Waals surface area contributed by atoms with Gasteiger partial charge in [-0.15, -0.1) is 0 Å². The molecule has 2 atom stereocenters. The van der Waals surface area contributed by atoms with Gasteiger partial charge in [-0.05, 0) is 44.0 Å². The highest BCUT2D eigenvalue weighted by molar-refractivity contribution is 5.97. The fraction of sp³-hybridized carbons (Fsp3) is 0.412. The van der Waals surface area contributed by atoms with Crippen molar-refractivity contribution in [1.82, 2.24) is 0 Å². The van der Waals surface area contributed by atoms with E-state index in [1.165, 1.54) is 6.07 Å². The number of nitrogens with one attached hydrogen (secondary N) is 1. The molecule has 1 aliphatic rings. The van der Waals surface area contributed by atoms with Crippen molar-refractivity contribution in [1.29, 1.82) is 0 Å². The molecule has 0 saturated carbocycles. The first-order valence-corrected chi connectivity index (χ1v) is 7.84. The maximum atomic E-state index is 12.2. The Hall–Kier alpha value is -2.38. The van der Waals surface area contributed by atoms with Crippen LogP contribution in [0, 0.1) is 0 Å². The second-order valence-electron chi connectivity index (χ2n) is 5.77. The Labute approximate surface area is 138 Å². The van der Waals surface area contributed by atoms with Crippen molar-refractivity contribution in [2.45, 2.75) is 32.0 Å². The molecule has 0 bridgehead atoms. The van der Waals surface area contributed by atoms with E-state index >= 15 is 0 Å². The van der Waals surface area contributed by atoms with Gasteiger partial charge in [0.15, 0.2) is 0 Å². The van der Waals surface area contributed by atoms with Crippen LogP contribution in [0.3, 0.4) is 0 Å². The van der Waals surface area contributed by atoms with Gasteiger partial charge >= 0.3 is 5.97 Å². The monoisotopic (exact) mass is 333 g/mol. The van der Waals surface area contributed by atoms with E-state index in [0.29, 0.717) is 23.3 Å². The van der Waals surface area contributed by atoms with Gasteiger partial charge < -0.3 is 24.3 Å². The SMILES string of the molecule is CC(OCC1CCCO1)C(=O)Nc1ccc2oc(C(=O)O)cc2c1. The second-order valence-corrected chi connectivity index (χ2v) is 5.77. The normalized spacial score (nSPS) is 18.6. The molecular formula is C17H19NO6. The first-order chi connectivity index (χ1) is 11.5. The Morgan fingerprint density at radius 2 is 2.25 bits per heavy atom. The molecule has 2 aromatic rings. The minimum atomic E-state index is -1.13. The van der Waals surface area contributed by atoms with Crippen LogP contribution in [0.1, 0.15) is 30.3 Å². The minimum Gasteiger partial charge on any atom is -0.475 e. The summed E-state index contributed by atoms with van der Waals surface area (Å²) in [4.78, 5) is 23.1. The summed E-state index contributed by atoms with van der Waals surface area (Å²) in [5, 5.41) is 12.3. The number of furan rings is 1. The van der Waals surface area contributed by atoms with Crippen LogP contribution in [0.2, 0.25) is 0 Å². The summed E-state index contributed by atoms with van der Waals surface area (Å²) in [7, 11) is 0. The molecule has 0 radical (unpaired) electrons. The highest BCUT2D eigenvalue weighted by Gasteiger charge is 2.20. The number of amides is 1. The number of hydrogen-bond donors (Lipinski definition) is 2. The maximum absolute atomic E-state index is 12.2. The van der Waals surface area contributed by atoms with Crippen LogP contribution >= 0.6 is 0 Å². The zero-order chi connectivity index (χ0) is 17.1. The van der Waals surface area contributed by atoms with E-state index in [2.05, 4.69) is 5.32 Å². The average molecular weight is 333 g/mol. The molecule has 128 valence electrons. The van der Waals surface area contributed by atoms with Gasteiger partial charge in [0.25, 0.3) is 5.91 Å². The first-order valence-electron chi connectivity index (χ1n) is 7.84. The molecule has 0 spiro atoms. The van der Waals surface area contributed by atoms with Crippen molar-refractivity contribution in [2.24, 2.45) is 0 Å². The summed E-state index contributed by atoms with van der Waals surface area (Å²) in [6.45, 7) is 2.83. The summed E-state index contributed by atoms with van der Waals surface area (Å²) in [6, 6.07) is 6.36. The van der Waals surface area contributed by atoms with Gasteiger partial charge in [-0.3, -0.25) is 4.79 Å². The first kappa shape index (κ1) is 16.5. The van der Waals surface area contributed by atoms with Gasteiger partial charge in [0.05, 0.1) is 12.7 Å². The molecule has 1 saturated heterocycles. The molecule has 7 heteroatoms. The van der Waals surface area contributed by atoms with Gasteiger partial charge in [0.1, 0.15) is 11.7 Å². The Balaban J connectivity index is 1.60. The van der Waals surface area contributed by atoms with E-state index in [1.807, 2.05) is 0 Å². The Morgan fingerprint density at radius 1 is 1.42 bits per heavy atom. The van der Waals surface area contributed by atoms with Crippen molar-refractivity contribution in [3.63, 3.8) is 0 Å². The lowest BCUT2D eigenvalue weighted by Crippen LogP contribution is -2.30. The third-order valence-corrected chi connectivity index (χ3v) is 3.92. The molecule has 2 N–H and O–H groups in total. The lowest BCUT2D eigenvalue weighted by molar-refractivity contribution is -0.128. The molecular weight excluding hydrogens is 314 g/mol. The van der Waals surface area contributed by atoms with Crippen LogP contribution in [0.15, 0.2) is 28.7 Å². The number of carbonyl (C=O) groups excluding carboxylic acids is 1. The number of anilines is 1. The molecule has 1 aromatic carbocycles. The largest absolute Gasteiger partial charge is 0.475 e. The fourth-order valence-electron chi connectivity index (χ4n) is 2.57. The molecule has 7 nitrogen and oxygen atoms in total. The molecule has 2 heterocycles. The van der Waals surface area contributed by atoms with Crippen molar-refractivity contribution in [3.8, 4) is 0 Å². The summed E-state index contributed by atoms with van der Waals surface area (Å²) in [6.07, 6.45) is 1.44. The third-order valence-electron chi connectivity index (χ3n) is 3.92. The molecule has 0 aliphatic carbocycles. The molecule has 1 amide bonds. The Kier molecular flexibility index (Phi) is 4.82. The van der Waals surface area contributed by atoms with Crippen molar-refractivity contribution in [2.75, 3.05) is 18.5 Å². The quantitative estimate of drug-likeness (QED) is 0.843. The number of carboxylic acids is 1. The minimum absolute atomic E-state index is 0.0666. The van der Waals surface area contributed by atoms with Gasteiger partial charge in [-0.25, -0.2) is 4.79 Å². The average Bonchev–Trinajstić information content (AvgIpc) is 3.21. The number of aromatic carboxylic acids is 1. The fourth-order valence-corrected chi connectivity index (χ4v) is 2.57. The van der Waals surface area contributed by atoms with E-state index in [4.69, 9.17) is 19.0 Å². The number of ether oxygens (including phenoxy) is 2. The van der Waals surface area contributed by atoms with E-state index < -0.39 is 12.1 Å². The van der Waals surface area contributed by atoms with Gasteiger partial charge in [-0.1, -0.05) is 0 Å². The van der Waals surface area contributed by atoms with E-state index in [1.54, 1.807) is 25.1 Å². The van der Waals surface area contributed by atoms with Crippen LogP contribution < -0.4 is 5.32 Å². The van der Waals surface area contributed by atoms with Crippen molar-refractivity contribution >= 4 is 28.5 Å². The van der Waals surface area contributed by atoms with Gasteiger partial charge in [-0.2, -0.15) is 0 Å². The lowest BCUT2D eigenvalue weighted by Gasteiger charge is -2.16. The summed E-state index contributed by atoms with van der Waals surface area (Å²) in [5.74, 6) is -1.54. The summed E-state index contributed by atoms with van der Waals surface area (Å²) >= 11 is 0. The van der Waals surface area contributed by atoms with Crippen LogP contribution in [0.25, 0.3) is 11.0 Å². The van der Waals surface area contributed by atoms with Gasteiger partial charge in [0.2, 0.25) is 5.76 Å². The van der Waals surface area contributed by atoms with E-state index in [0.717, 1.165) is 19.4 Å². The molecule has 1 aromatic heterocycles. The Bertz CT molecular complexity index is 747. The highest BCUT2D eigenvalue weighted by atomic mass is 16.5. The zero-order valence-corrected chi connectivity index (χ0v) is 13.3. The molecule has 1 aliphatic heterocycles. The highest BCUT2D eigenvalue weighted by Crippen LogP contribution is 2.23. The molecule has 2 unspecified atom stereocenters. The second kappa shape index (κ2) is 7.02. The standard InChI is InChI=1S/C17H19NO6/c1-10(23-9-13-3-2-6-22-13)16(19)18-12-4-5-14-11(7-12)8-15(24-14)17(20)21/h4-5,7-8,10,13H,2-3,6,9H2,1H3,(H,18,19)(H,20,21). The number of fused-ring (bicyclic) bond motifs is 1. The number of benzene rings is 1. The number of carboxylic acid groups (broad SMARTS) is 1. The number of rotatable bonds is 6. The zero-order valence-electron chi connectivity index (χ0n) is 13.3. The van der Waals surface area contributed by atoms with Crippen LogP contribution in [-0.4, -0.2) is 42.4 Å². The maximum Gasteiger partial charge on any atom is 0.371 e. The van der Waals surface area contributed by atoms with Crippen molar-refractivity contribution in [3.05, 3.63) is 30.0 Å². The predicted molar refractivity (Wildman–Crippen MR) is 86.2 cm³/mol. The topological polar surface area (TPSA) is 98.0 Å². The number of carbonyl (C=O) groups is 2. The molecule has 1 fully saturated rings. The predicted octanol–water partition coefficient (Wildman–Crippen LogP) is 2.65. The summed E-state index contributed by atoms with van der Waals surface area (Å²) < 4.78 is 16.2. The van der Waals surface area contributed by atoms with Gasteiger partial charge in [0, 0.05) is 17.7 Å². The van der Waals surface area contributed by atoms with E-state index in [9.17, 15) is 9.59 Å². The third kappa shape index (κ3) is 3.74. The van der Waals surface area contributed by atoms with Crippen LogP contribution in [-0.2, 0) is 14.3 Å². The van der Waals surface area contributed by atoms with Crippen LogP contribution in [0.4, 0.5) is 5.69 Å². The lowest BCUT2D eigenvalue weighted by atomic mass is 10.2. The summed E-state index contributed by atoms with van der Waals surface area (Å²) in [5.41, 5.74) is 1.01. The molecule has 24 heavy (non-hydrogen) atoms. The van der Waals surface area contributed by atoms with Crippen LogP contribution in [0.5, 0.6) is 0 Å². The van der Waals surface area contributed by atoms with E-state index in [-0.39, 0.29) is 17.8 Å². The number of hydrogen-bond acceptors (Lipinski definition) is 5. The molecule has 3 rings (SSSR count).